The molecular weight excluding hydrogens is 352 g/mol. The van der Waals surface area contributed by atoms with E-state index in [0.717, 1.165) is 0 Å². The zero-order valence-corrected chi connectivity index (χ0v) is 15.6. The summed E-state index contributed by atoms with van der Waals surface area (Å²) < 4.78 is 6.59. The third-order valence-electron chi connectivity index (χ3n) is 4.62. The number of nitrogens with zero attached hydrogens (tertiary/aromatic N) is 1. The van der Waals surface area contributed by atoms with Crippen molar-refractivity contribution in [3.05, 3.63) is 23.8 Å². The van der Waals surface area contributed by atoms with Gasteiger partial charge in [-0.2, -0.15) is 0 Å². The van der Waals surface area contributed by atoms with Crippen LogP contribution in [0.2, 0.25) is 0 Å². The number of hydrogen-bond acceptors (Lipinski definition) is 7. The molecule has 3 atom stereocenters. The van der Waals surface area contributed by atoms with E-state index in [9.17, 15) is 25.2 Å². The van der Waals surface area contributed by atoms with Crippen molar-refractivity contribution in [3.63, 3.8) is 0 Å². The van der Waals surface area contributed by atoms with Crippen molar-refractivity contribution in [2.24, 2.45) is 0 Å². The van der Waals surface area contributed by atoms with E-state index in [4.69, 9.17) is 4.74 Å². The zero-order valence-electron chi connectivity index (χ0n) is 15.6. The first-order valence-electron chi connectivity index (χ1n) is 8.96. The SMILES string of the molecule is CC(C)(C)OC(=O)Cc1cccc2c(O)n(C3CCC(O)NC3O)c(O)c12. The van der Waals surface area contributed by atoms with Crippen LogP contribution < -0.4 is 5.32 Å². The highest BCUT2D eigenvalue weighted by atomic mass is 16.6. The molecule has 2 heterocycles. The molecule has 5 N–H and O–H groups in total. The molecule has 8 heteroatoms. The first-order chi connectivity index (χ1) is 12.6. The Labute approximate surface area is 157 Å². The summed E-state index contributed by atoms with van der Waals surface area (Å²) in [7, 11) is 0. The summed E-state index contributed by atoms with van der Waals surface area (Å²) in [6.07, 6.45) is -1.32. The zero-order chi connectivity index (χ0) is 19.9. The molecule has 27 heavy (non-hydrogen) atoms. The van der Waals surface area contributed by atoms with Crippen molar-refractivity contribution in [1.82, 2.24) is 9.88 Å². The fraction of sp³-hybridized carbons (Fsp3) is 0.526. The molecule has 2 aromatic rings. The Morgan fingerprint density at radius 1 is 1.22 bits per heavy atom. The Balaban J connectivity index is 2.00. The molecule has 0 bridgehead atoms. The summed E-state index contributed by atoms with van der Waals surface area (Å²) in [5, 5.41) is 44.6. The van der Waals surface area contributed by atoms with Crippen LogP contribution in [0.5, 0.6) is 11.8 Å². The van der Waals surface area contributed by atoms with E-state index >= 15 is 0 Å². The van der Waals surface area contributed by atoms with Gasteiger partial charge in [0, 0.05) is 5.39 Å². The summed E-state index contributed by atoms with van der Waals surface area (Å²) in [6, 6.07) is 4.35. The molecule has 148 valence electrons. The molecule has 0 spiro atoms. The van der Waals surface area contributed by atoms with E-state index < -0.39 is 30.1 Å². The van der Waals surface area contributed by atoms with Gasteiger partial charge in [0.25, 0.3) is 0 Å². The predicted molar refractivity (Wildman–Crippen MR) is 98.2 cm³/mol. The minimum Gasteiger partial charge on any atom is -0.494 e. The Bertz CT molecular complexity index is 854. The maximum Gasteiger partial charge on any atom is 0.310 e. The van der Waals surface area contributed by atoms with Crippen molar-refractivity contribution in [2.75, 3.05) is 0 Å². The molecule has 0 radical (unpaired) electrons. The number of hydrogen-bond donors (Lipinski definition) is 5. The van der Waals surface area contributed by atoms with Crippen LogP contribution in [0.15, 0.2) is 18.2 Å². The van der Waals surface area contributed by atoms with E-state index in [1.807, 2.05) is 0 Å². The van der Waals surface area contributed by atoms with Crippen molar-refractivity contribution < 1.29 is 30.0 Å². The number of ether oxygens (including phenoxy) is 1. The van der Waals surface area contributed by atoms with Gasteiger partial charge >= 0.3 is 5.97 Å². The molecule has 0 aliphatic carbocycles. The third kappa shape index (κ3) is 3.87. The molecule has 3 unspecified atom stereocenters. The quantitative estimate of drug-likeness (QED) is 0.513. The molecule has 1 aromatic carbocycles. The number of aromatic nitrogens is 1. The number of aliphatic hydroxyl groups excluding tert-OH is 2. The van der Waals surface area contributed by atoms with Crippen LogP contribution in [-0.4, -0.2) is 49.0 Å². The third-order valence-corrected chi connectivity index (χ3v) is 4.62. The van der Waals surface area contributed by atoms with Crippen molar-refractivity contribution in [2.45, 2.75) is 64.1 Å². The van der Waals surface area contributed by atoms with Gasteiger partial charge in [0.05, 0.1) is 17.8 Å². The minimum atomic E-state index is -1.14. The second-order valence-electron chi connectivity index (χ2n) is 7.89. The summed E-state index contributed by atoms with van der Waals surface area (Å²) in [6.45, 7) is 5.32. The molecule has 0 amide bonds. The standard InChI is InChI=1S/C19H26N2O6/c1-19(2,3)27-14(23)9-10-5-4-6-11-15(10)18(26)21(17(11)25)12-7-8-13(22)20-16(12)24/h4-6,12-13,16,20,22,24-26H,7-9H2,1-3H3. The van der Waals surface area contributed by atoms with Crippen molar-refractivity contribution >= 4 is 16.7 Å². The van der Waals surface area contributed by atoms with Crippen molar-refractivity contribution in [1.29, 1.82) is 0 Å². The van der Waals surface area contributed by atoms with Gasteiger partial charge in [0.1, 0.15) is 18.1 Å². The lowest BCUT2D eigenvalue weighted by molar-refractivity contribution is -0.153. The molecule has 1 aliphatic heterocycles. The van der Waals surface area contributed by atoms with Gasteiger partial charge in [-0.25, -0.2) is 0 Å². The number of nitrogens with one attached hydrogen (secondary N) is 1. The molecule has 3 rings (SSSR count). The normalized spacial score (nSPS) is 23.5. The molecule has 1 saturated heterocycles. The maximum atomic E-state index is 12.2. The number of fused-ring (bicyclic) bond motifs is 1. The maximum absolute atomic E-state index is 12.2. The van der Waals surface area contributed by atoms with Crippen molar-refractivity contribution in [3.8, 4) is 11.8 Å². The largest absolute Gasteiger partial charge is 0.494 e. The predicted octanol–water partition coefficient (Wildman–Crippen LogP) is 1.50. The number of benzene rings is 1. The fourth-order valence-corrected chi connectivity index (χ4v) is 3.54. The highest BCUT2D eigenvalue weighted by molar-refractivity contribution is 5.97. The first-order valence-corrected chi connectivity index (χ1v) is 8.96. The lowest BCUT2D eigenvalue weighted by Gasteiger charge is -2.33. The highest BCUT2D eigenvalue weighted by Crippen LogP contribution is 2.43. The Morgan fingerprint density at radius 2 is 1.93 bits per heavy atom. The smallest absolute Gasteiger partial charge is 0.310 e. The topological polar surface area (TPSA) is 124 Å². The van der Waals surface area contributed by atoms with Crippen LogP contribution in [0, 0.1) is 0 Å². The van der Waals surface area contributed by atoms with E-state index in [-0.39, 0.29) is 18.2 Å². The van der Waals surface area contributed by atoms with Crippen LogP contribution in [-0.2, 0) is 16.0 Å². The Hall–Kier alpha value is -2.29. The summed E-state index contributed by atoms with van der Waals surface area (Å²) >= 11 is 0. The number of piperidine rings is 1. The fourth-order valence-electron chi connectivity index (χ4n) is 3.54. The molecular formula is C19H26N2O6. The molecule has 1 fully saturated rings. The number of rotatable bonds is 3. The molecule has 1 aromatic heterocycles. The van der Waals surface area contributed by atoms with Crippen LogP contribution in [0.3, 0.4) is 0 Å². The number of carbonyl (C=O) groups is 1. The van der Waals surface area contributed by atoms with E-state index in [1.165, 1.54) is 4.57 Å². The summed E-state index contributed by atoms with van der Waals surface area (Å²) in [4.78, 5) is 12.2. The van der Waals surface area contributed by atoms with Gasteiger partial charge in [0.2, 0.25) is 11.8 Å². The monoisotopic (exact) mass is 378 g/mol. The number of esters is 1. The van der Waals surface area contributed by atoms with Gasteiger partial charge in [-0.05, 0) is 45.2 Å². The van der Waals surface area contributed by atoms with E-state index in [2.05, 4.69) is 5.32 Å². The number of aliphatic hydroxyl groups is 2. The van der Waals surface area contributed by atoms with Gasteiger partial charge in [-0.15, -0.1) is 0 Å². The average Bonchev–Trinajstić information content (AvgIpc) is 2.78. The highest BCUT2D eigenvalue weighted by Gasteiger charge is 2.33. The number of aromatic hydroxyl groups is 2. The van der Waals surface area contributed by atoms with Crippen LogP contribution in [0.25, 0.3) is 10.8 Å². The van der Waals surface area contributed by atoms with Gasteiger partial charge in [0.15, 0.2) is 0 Å². The molecule has 1 aliphatic rings. The second kappa shape index (κ2) is 7.03. The van der Waals surface area contributed by atoms with E-state index in [0.29, 0.717) is 29.2 Å². The minimum absolute atomic E-state index is 0.0597. The Kier molecular flexibility index (Phi) is 5.07. The van der Waals surface area contributed by atoms with Gasteiger partial charge < -0.3 is 25.2 Å². The molecule has 0 saturated carbocycles. The summed E-state index contributed by atoms with van der Waals surface area (Å²) in [5.74, 6) is -0.871. The average molecular weight is 378 g/mol. The van der Waals surface area contributed by atoms with E-state index in [1.54, 1.807) is 39.0 Å². The van der Waals surface area contributed by atoms with Crippen LogP contribution in [0.4, 0.5) is 0 Å². The van der Waals surface area contributed by atoms with Gasteiger partial charge in [-0.3, -0.25) is 14.7 Å². The molecule has 8 nitrogen and oxygen atoms in total. The lowest BCUT2D eigenvalue weighted by atomic mass is 10.0. The lowest BCUT2D eigenvalue weighted by Crippen LogP contribution is -2.47. The Morgan fingerprint density at radius 3 is 2.56 bits per heavy atom. The van der Waals surface area contributed by atoms with Gasteiger partial charge in [-0.1, -0.05) is 12.1 Å². The van der Waals surface area contributed by atoms with Crippen LogP contribution in [0.1, 0.15) is 45.2 Å². The second-order valence-corrected chi connectivity index (χ2v) is 7.89. The first kappa shape index (κ1) is 19.5. The van der Waals surface area contributed by atoms with Crippen LogP contribution >= 0.6 is 0 Å². The number of carbonyl (C=O) groups excluding carboxylic acids is 1. The summed E-state index contributed by atoms with van der Waals surface area (Å²) in [5.41, 5.74) is -0.105.